The number of carbonyl (C=O) groups is 3. The third-order valence-electron chi connectivity index (χ3n) is 4.89. The molecule has 0 aromatic rings. The maximum atomic E-state index is 12.1. The number of aliphatic hydroxyl groups is 1. The van der Waals surface area contributed by atoms with Gasteiger partial charge in [0.15, 0.2) is 0 Å². The van der Waals surface area contributed by atoms with E-state index in [2.05, 4.69) is 10.6 Å². The molecule has 2 atom stereocenters. The number of amides is 3. The van der Waals surface area contributed by atoms with E-state index in [0.29, 0.717) is 32.4 Å². The predicted octanol–water partition coefficient (Wildman–Crippen LogP) is -0.840. The average molecular weight is 341 g/mol. The molecule has 2 rings (SSSR count). The van der Waals surface area contributed by atoms with Gasteiger partial charge in [0.25, 0.3) is 0 Å². The summed E-state index contributed by atoms with van der Waals surface area (Å²) in [5.74, 6) is -0.519. The molecule has 0 radical (unpaired) electrons. The molecule has 24 heavy (non-hydrogen) atoms. The Kier molecular flexibility index (Phi) is 5.49. The van der Waals surface area contributed by atoms with Crippen LogP contribution in [0.5, 0.6) is 0 Å². The van der Waals surface area contributed by atoms with Crippen molar-refractivity contribution in [2.24, 2.45) is 0 Å². The largest absolute Gasteiger partial charge is 0.386 e. The summed E-state index contributed by atoms with van der Waals surface area (Å²) < 4.78 is 5.95. The summed E-state index contributed by atoms with van der Waals surface area (Å²) in [7, 11) is 0. The first-order chi connectivity index (χ1) is 11.1. The molecule has 0 aromatic heterocycles. The van der Waals surface area contributed by atoms with Crippen molar-refractivity contribution in [2.45, 2.75) is 57.3 Å². The van der Waals surface area contributed by atoms with Crippen LogP contribution in [0.4, 0.5) is 0 Å². The fraction of sp³-hybridized carbons (Fsp3) is 0.812. The second kappa shape index (κ2) is 7.06. The maximum Gasteiger partial charge on any atom is 0.241 e. The summed E-state index contributed by atoms with van der Waals surface area (Å²) in [6.45, 7) is 5.70. The lowest BCUT2D eigenvalue weighted by Gasteiger charge is -2.50. The molecule has 2 aliphatic heterocycles. The highest BCUT2D eigenvalue weighted by Crippen LogP contribution is 2.38. The van der Waals surface area contributed by atoms with Crippen LogP contribution < -0.4 is 10.6 Å². The van der Waals surface area contributed by atoms with E-state index >= 15 is 0 Å². The average Bonchev–Trinajstić information content (AvgIpc) is 2.49. The summed E-state index contributed by atoms with van der Waals surface area (Å²) >= 11 is 0. The maximum absolute atomic E-state index is 12.1. The van der Waals surface area contributed by atoms with Gasteiger partial charge in [0.2, 0.25) is 17.7 Å². The molecule has 3 N–H and O–H groups in total. The molecule has 8 heteroatoms. The Bertz CT molecular complexity index is 512. The second-order valence-corrected chi connectivity index (χ2v) is 7.08. The number of rotatable bonds is 3. The number of nitrogens with one attached hydrogen (secondary N) is 2. The van der Waals surface area contributed by atoms with Gasteiger partial charge in [-0.2, -0.15) is 0 Å². The van der Waals surface area contributed by atoms with Crippen molar-refractivity contribution in [1.82, 2.24) is 15.5 Å². The molecule has 0 bridgehead atoms. The van der Waals surface area contributed by atoms with Crippen LogP contribution in [-0.4, -0.2) is 71.2 Å². The molecule has 8 nitrogen and oxygen atoms in total. The van der Waals surface area contributed by atoms with E-state index in [1.807, 2.05) is 0 Å². The van der Waals surface area contributed by atoms with E-state index in [0.717, 1.165) is 0 Å². The Hall–Kier alpha value is -1.67. The van der Waals surface area contributed by atoms with Crippen molar-refractivity contribution in [3.63, 3.8) is 0 Å². The van der Waals surface area contributed by atoms with Crippen molar-refractivity contribution >= 4 is 17.7 Å². The van der Waals surface area contributed by atoms with E-state index in [-0.39, 0.29) is 36.9 Å². The summed E-state index contributed by atoms with van der Waals surface area (Å²) in [4.78, 5) is 36.1. The molecule has 3 amide bonds. The van der Waals surface area contributed by atoms with Crippen LogP contribution in [-0.2, 0) is 19.1 Å². The fourth-order valence-electron chi connectivity index (χ4n) is 3.33. The quantitative estimate of drug-likeness (QED) is 0.620. The summed E-state index contributed by atoms with van der Waals surface area (Å²) in [5.41, 5.74) is -1.53. The standard InChI is InChI=1S/C16H27N3O5/c1-11(20)17-9-14(22)19-6-4-16(5-7-19)8-13(18-12(2)21)15(3,23)10-24-16/h13,23H,4-10H2,1-3H3,(H,17,20)(H,18,21)/t13-,15-/m0/s1. The van der Waals surface area contributed by atoms with E-state index in [4.69, 9.17) is 4.74 Å². The lowest BCUT2D eigenvalue weighted by Crippen LogP contribution is -2.64. The monoisotopic (exact) mass is 341 g/mol. The van der Waals surface area contributed by atoms with Gasteiger partial charge < -0.3 is 25.4 Å². The van der Waals surface area contributed by atoms with Crippen LogP contribution in [0.15, 0.2) is 0 Å². The molecule has 2 aliphatic rings. The molecule has 2 heterocycles. The number of ether oxygens (including phenoxy) is 1. The van der Waals surface area contributed by atoms with E-state index in [9.17, 15) is 19.5 Å². The van der Waals surface area contributed by atoms with Gasteiger partial charge in [-0.15, -0.1) is 0 Å². The van der Waals surface area contributed by atoms with Gasteiger partial charge in [0, 0.05) is 26.9 Å². The number of hydrogen-bond acceptors (Lipinski definition) is 5. The van der Waals surface area contributed by atoms with Crippen LogP contribution >= 0.6 is 0 Å². The molecular weight excluding hydrogens is 314 g/mol. The highest BCUT2D eigenvalue weighted by molar-refractivity contribution is 5.83. The SMILES string of the molecule is CC(=O)NCC(=O)N1CCC2(CC1)C[C@H](NC(C)=O)[C@@](C)(O)CO2. The Morgan fingerprint density at radius 2 is 1.83 bits per heavy atom. The Balaban J connectivity index is 1.93. The normalized spacial score (nSPS) is 29.2. The Morgan fingerprint density at radius 1 is 1.21 bits per heavy atom. The second-order valence-electron chi connectivity index (χ2n) is 7.08. The van der Waals surface area contributed by atoms with E-state index in [1.54, 1.807) is 11.8 Å². The highest BCUT2D eigenvalue weighted by Gasteiger charge is 2.48. The van der Waals surface area contributed by atoms with E-state index in [1.165, 1.54) is 13.8 Å². The van der Waals surface area contributed by atoms with E-state index < -0.39 is 11.2 Å². The van der Waals surface area contributed by atoms with Gasteiger partial charge in [-0.25, -0.2) is 0 Å². The Morgan fingerprint density at radius 3 is 2.38 bits per heavy atom. The Labute approximate surface area is 141 Å². The van der Waals surface area contributed by atoms with Crippen molar-refractivity contribution in [2.75, 3.05) is 26.2 Å². The van der Waals surface area contributed by atoms with Gasteiger partial charge in [-0.05, 0) is 26.2 Å². The van der Waals surface area contributed by atoms with Crippen LogP contribution in [0, 0.1) is 0 Å². The number of nitrogens with zero attached hydrogens (tertiary/aromatic N) is 1. The molecule has 0 aliphatic carbocycles. The van der Waals surface area contributed by atoms with Crippen LogP contribution in [0.1, 0.15) is 40.0 Å². The molecular formula is C16H27N3O5. The lowest BCUT2D eigenvalue weighted by atomic mass is 9.77. The summed E-state index contributed by atoms with van der Waals surface area (Å²) in [5, 5.41) is 15.7. The predicted molar refractivity (Wildman–Crippen MR) is 86.0 cm³/mol. The first-order valence-electron chi connectivity index (χ1n) is 8.29. The highest BCUT2D eigenvalue weighted by atomic mass is 16.5. The van der Waals surface area contributed by atoms with Crippen molar-refractivity contribution in [1.29, 1.82) is 0 Å². The molecule has 0 aromatic carbocycles. The van der Waals surface area contributed by atoms with Crippen LogP contribution in [0.3, 0.4) is 0 Å². The first kappa shape index (κ1) is 18.7. The summed E-state index contributed by atoms with van der Waals surface area (Å²) in [6.07, 6.45) is 1.81. The zero-order valence-electron chi connectivity index (χ0n) is 14.6. The smallest absolute Gasteiger partial charge is 0.241 e. The lowest BCUT2D eigenvalue weighted by molar-refractivity contribution is -0.194. The molecule has 2 saturated heterocycles. The molecule has 0 saturated carbocycles. The number of hydrogen-bond donors (Lipinski definition) is 3. The van der Waals surface area contributed by atoms with Gasteiger partial charge in [0.1, 0.15) is 5.60 Å². The van der Waals surface area contributed by atoms with Crippen molar-refractivity contribution < 1.29 is 24.2 Å². The van der Waals surface area contributed by atoms with Gasteiger partial charge in [-0.3, -0.25) is 14.4 Å². The van der Waals surface area contributed by atoms with Crippen LogP contribution in [0.2, 0.25) is 0 Å². The van der Waals surface area contributed by atoms with Crippen LogP contribution in [0.25, 0.3) is 0 Å². The topological polar surface area (TPSA) is 108 Å². The van der Waals surface area contributed by atoms with Gasteiger partial charge in [0.05, 0.1) is 24.8 Å². The zero-order chi connectivity index (χ0) is 18.0. The molecule has 1 spiro atoms. The minimum Gasteiger partial charge on any atom is -0.386 e. The fourth-order valence-corrected chi connectivity index (χ4v) is 3.33. The first-order valence-corrected chi connectivity index (χ1v) is 8.29. The third kappa shape index (κ3) is 4.45. The van der Waals surface area contributed by atoms with Gasteiger partial charge >= 0.3 is 0 Å². The molecule has 136 valence electrons. The minimum absolute atomic E-state index is 0.00637. The third-order valence-corrected chi connectivity index (χ3v) is 4.89. The van der Waals surface area contributed by atoms with Crippen molar-refractivity contribution in [3.8, 4) is 0 Å². The molecule has 2 fully saturated rings. The minimum atomic E-state index is -1.10. The number of piperidine rings is 1. The van der Waals surface area contributed by atoms with Crippen molar-refractivity contribution in [3.05, 3.63) is 0 Å². The van der Waals surface area contributed by atoms with Gasteiger partial charge in [-0.1, -0.05) is 0 Å². The number of likely N-dealkylation sites (tertiary alicyclic amines) is 1. The zero-order valence-corrected chi connectivity index (χ0v) is 14.6. The number of carbonyl (C=O) groups excluding carboxylic acids is 3. The summed E-state index contributed by atoms with van der Waals surface area (Å²) in [6, 6.07) is -0.370. The molecule has 0 unspecified atom stereocenters.